The van der Waals surface area contributed by atoms with E-state index in [0.717, 1.165) is 24.3 Å². The molecule has 3 nitrogen and oxygen atoms in total. The van der Waals surface area contributed by atoms with Crippen LogP contribution in [0.15, 0.2) is 24.3 Å². The Labute approximate surface area is 162 Å². The molecule has 4 atom stereocenters. The van der Waals surface area contributed by atoms with Crippen molar-refractivity contribution in [2.24, 2.45) is 17.8 Å². The highest BCUT2D eigenvalue weighted by Gasteiger charge is 2.51. The van der Waals surface area contributed by atoms with Crippen LogP contribution in [0.2, 0.25) is 0 Å². The fraction of sp³-hybridized carbons (Fsp3) is 0.708. The van der Waals surface area contributed by atoms with Gasteiger partial charge in [0, 0.05) is 12.0 Å². The summed E-state index contributed by atoms with van der Waals surface area (Å²) in [5, 5.41) is 0. The third-order valence-corrected chi connectivity index (χ3v) is 8.74. The van der Waals surface area contributed by atoms with E-state index in [9.17, 15) is 4.79 Å². The average Bonchev–Trinajstić information content (AvgIpc) is 3.23. The molecule has 2 aliphatic heterocycles. The number of ether oxygens (including phenoxy) is 1. The third-order valence-electron chi connectivity index (χ3n) is 8.74. The second kappa shape index (κ2) is 6.07. The number of likely N-dealkylation sites (tertiary alicyclic amines) is 1. The van der Waals surface area contributed by atoms with Gasteiger partial charge in [0.2, 0.25) is 0 Å². The molecule has 144 valence electrons. The van der Waals surface area contributed by atoms with Crippen LogP contribution in [-0.2, 0) is 14.9 Å². The maximum atomic E-state index is 12.0. The molecule has 2 saturated carbocycles. The molecular formula is C24H31NO2. The Balaban J connectivity index is 1.24. The molecule has 27 heavy (non-hydrogen) atoms. The zero-order valence-electron chi connectivity index (χ0n) is 16.2. The number of carbonyl (C=O) groups excluding carboxylic acids is 1. The fourth-order valence-corrected chi connectivity index (χ4v) is 7.50. The minimum atomic E-state index is 0.00645. The monoisotopic (exact) mass is 365 g/mol. The van der Waals surface area contributed by atoms with Gasteiger partial charge in [-0.2, -0.15) is 0 Å². The van der Waals surface area contributed by atoms with Crippen LogP contribution in [0.25, 0.3) is 0 Å². The van der Waals surface area contributed by atoms with Crippen molar-refractivity contribution in [2.75, 3.05) is 13.1 Å². The Morgan fingerprint density at radius 3 is 2.52 bits per heavy atom. The number of nitrogens with zero attached hydrogens (tertiary/aromatic N) is 1. The van der Waals surface area contributed by atoms with Crippen LogP contribution in [-0.4, -0.2) is 30.0 Å². The first-order chi connectivity index (χ1) is 13.2. The Hall–Kier alpha value is -1.35. The van der Waals surface area contributed by atoms with Crippen LogP contribution in [0.5, 0.6) is 0 Å². The number of rotatable bonds is 1. The lowest BCUT2D eigenvalue weighted by molar-refractivity contribution is -0.142. The Kier molecular flexibility index (Phi) is 3.73. The van der Waals surface area contributed by atoms with E-state index in [2.05, 4.69) is 29.2 Å². The standard InChI is InChI=1S/C24H31NO2/c26-22-14-18-15-24(21-4-2-1-3-20(21)23(18)27-22)7-9-25(10-8-24)19-12-16-5-6-17(11-16)13-19/h1-4,16-19,23H,5-15H2. The molecule has 0 radical (unpaired) electrons. The molecule has 2 saturated heterocycles. The van der Waals surface area contributed by atoms with Crippen molar-refractivity contribution in [3.05, 3.63) is 35.4 Å². The fourth-order valence-electron chi connectivity index (χ4n) is 7.50. The second-order valence-corrected chi connectivity index (χ2v) is 10.2. The molecule has 4 fully saturated rings. The number of fused-ring (bicyclic) bond motifs is 6. The summed E-state index contributed by atoms with van der Waals surface area (Å²) in [7, 11) is 0. The first kappa shape index (κ1) is 16.6. The smallest absolute Gasteiger partial charge is 0.306 e. The van der Waals surface area contributed by atoms with Gasteiger partial charge < -0.3 is 9.64 Å². The Bertz CT molecular complexity index is 739. The van der Waals surface area contributed by atoms with Crippen LogP contribution in [0, 0.1) is 17.8 Å². The second-order valence-electron chi connectivity index (χ2n) is 10.2. The lowest BCUT2D eigenvalue weighted by atomic mass is 9.60. The number of piperidine rings is 1. The first-order valence-corrected chi connectivity index (χ1v) is 11.2. The van der Waals surface area contributed by atoms with E-state index in [4.69, 9.17) is 4.74 Å². The molecule has 1 aromatic rings. The number of carbonyl (C=O) groups is 1. The Morgan fingerprint density at radius 2 is 1.74 bits per heavy atom. The van der Waals surface area contributed by atoms with Crippen LogP contribution in [0.3, 0.4) is 0 Å². The number of esters is 1. The normalized spacial score (nSPS) is 39.9. The molecule has 0 N–H and O–H groups in total. The molecule has 6 rings (SSSR count). The molecule has 5 aliphatic rings. The lowest BCUT2D eigenvalue weighted by Crippen LogP contribution is -2.50. The van der Waals surface area contributed by atoms with Crippen molar-refractivity contribution in [3.63, 3.8) is 0 Å². The minimum Gasteiger partial charge on any atom is -0.457 e. The molecule has 3 heteroatoms. The maximum absolute atomic E-state index is 12.0. The summed E-state index contributed by atoms with van der Waals surface area (Å²) in [4.78, 5) is 14.8. The molecule has 2 bridgehead atoms. The summed E-state index contributed by atoms with van der Waals surface area (Å²) in [6.45, 7) is 2.48. The molecule has 0 amide bonds. The van der Waals surface area contributed by atoms with Gasteiger partial charge in [-0.15, -0.1) is 0 Å². The molecule has 2 heterocycles. The van der Waals surface area contributed by atoms with Gasteiger partial charge in [-0.1, -0.05) is 37.1 Å². The van der Waals surface area contributed by atoms with E-state index in [-0.39, 0.29) is 17.5 Å². The van der Waals surface area contributed by atoms with Gasteiger partial charge in [-0.25, -0.2) is 0 Å². The van der Waals surface area contributed by atoms with Crippen molar-refractivity contribution in [2.45, 2.75) is 75.3 Å². The van der Waals surface area contributed by atoms with E-state index in [0.29, 0.717) is 12.3 Å². The third kappa shape index (κ3) is 2.61. The van der Waals surface area contributed by atoms with Gasteiger partial charge in [0.05, 0.1) is 6.42 Å². The summed E-state index contributed by atoms with van der Waals surface area (Å²) in [5.41, 5.74) is 3.07. The zero-order valence-corrected chi connectivity index (χ0v) is 16.2. The van der Waals surface area contributed by atoms with Gasteiger partial charge in [-0.05, 0) is 80.0 Å². The van der Waals surface area contributed by atoms with Crippen molar-refractivity contribution in [1.29, 1.82) is 0 Å². The maximum Gasteiger partial charge on any atom is 0.306 e. The highest BCUT2D eigenvalue weighted by atomic mass is 16.5. The Morgan fingerprint density at radius 1 is 1.00 bits per heavy atom. The van der Waals surface area contributed by atoms with Crippen LogP contribution >= 0.6 is 0 Å². The predicted molar refractivity (Wildman–Crippen MR) is 104 cm³/mol. The highest BCUT2D eigenvalue weighted by Crippen LogP contribution is 2.55. The number of hydrogen-bond donors (Lipinski definition) is 0. The van der Waals surface area contributed by atoms with Crippen molar-refractivity contribution >= 4 is 5.97 Å². The predicted octanol–water partition coefficient (Wildman–Crippen LogP) is 4.61. The van der Waals surface area contributed by atoms with Crippen LogP contribution in [0.1, 0.15) is 75.0 Å². The minimum absolute atomic E-state index is 0.00645. The molecule has 0 aromatic heterocycles. The molecule has 1 spiro atoms. The molecular weight excluding hydrogens is 334 g/mol. The topological polar surface area (TPSA) is 29.5 Å². The van der Waals surface area contributed by atoms with Gasteiger partial charge in [0.1, 0.15) is 6.10 Å². The summed E-state index contributed by atoms with van der Waals surface area (Å²) >= 11 is 0. The van der Waals surface area contributed by atoms with E-state index < -0.39 is 0 Å². The zero-order chi connectivity index (χ0) is 18.0. The summed E-state index contributed by atoms with van der Waals surface area (Å²) in [5.74, 6) is 2.43. The van der Waals surface area contributed by atoms with Gasteiger partial charge in [0.25, 0.3) is 0 Å². The van der Waals surface area contributed by atoms with Gasteiger partial charge in [-0.3, -0.25) is 4.79 Å². The largest absolute Gasteiger partial charge is 0.457 e. The molecule has 3 aliphatic carbocycles. The van der Waals surface area contributed by atoms with E-state index in [1.54, 1.807) is 0 Å². The summed E-state index contributed by atoms with van der Waals surface area (Å²) < 4.78 is 5.72. The van der Waals surface area contributed by atoms with E-state index in [1.807, 2.05) is 0 Å². The van der Waals surface area contributed by atoms with Gasteiger partial charge >= 0.3 is 5.97 Å². The summed E-state index contributed by atoms with van der Waals surface area (Å²) in [6, 6.07) is 9.69. The van der Waals surface area contributed by atoms with Gasteiger partial charge in [0.15, 0.2) is 0 Å². The van der Waals surface area contributed by atoms with Crippen molar-refractivity contribution in [1.82, 2.24) is 4.90 Å². The summed E-state index contributed by atoms with van der Waals surface area (Å²) in [6.07, 6.45) is 11.7. The quantitative estimate of drug-likeness (QED) is 0.681. The lowest BCUT2D eigenvalue weighted by Gasteiger charge is -2.50. The van der Waals surface area contributed by atoms with Crippen molar-refractivity contribution in [3.8, 4) is 0 Å². The highest BCUT2D eigenvalue weighted by molar-refractivity contribution is 5.73. The van der Waals surface area contributed by atoms with E-state index >= 15 is 0 Å². The molecule has 1 aromatic carbocycles. The van der Waals surface area contributed by atoms with Crippen LogP contribution in [0.4, 0.5) is 0 Å². The number of benzene rings is 1. The SMILES string of the molecule is O=C1CC2CC3(CCN(C4CC5CCC(C5)C4)CC3)c3ccccc3C2O1. The first-order valence-electron chi connectivity index (χ1n) is 11.2. The average molecular weight is 366 g/mol. The van der Waals surface area contributed by atoms with Crippen molar-refractivity contribution < 1.29 is 9.53 Å². The van der Waals surface area contributed by atoms with E-state index in [1.165, 1.54) is 69.2 Å². The molecule has 4 unspecified atom stereocenters. The number of hydrogen-bond acceptors (Lipinski definition) is 3. The van der Waals surface area contributed by atoms with Crippen LogP contribution < -0.4 is 0 Å².